The highest BCUT2D eigenvalue weighted by molar-refractivity contribution is 6.30. The fourth-order valence-corrected chi connectivity index (χ4v) is 2.14. The molecule has 0 aliphatic carbocycles. The lowest BCUT2D eigenvalue weighted by Crippen LogP contribution is -2.06. The van der Waals surface area contributed by atoms with E-state index in [-0.39, 0.29) is 12.4 Å². The zero-order valence-electron chi connectivity index (χ0n) is 10.5. The molecule has 0 bridgehead atoms. The zero-order valence-corrected chi connectivity index (χ0v) is 11.3. The van der Waals surface area contributed by atoms with Gasteiger partial charge in [0.2, 0.25) is 5.75 Å². The summed E-state index contributed by atoms with van der Waals surface area (Å²) >= 11 is 5.90. The summed E-state index contributed by atoms with van der Waals surface area (Å²) in [6, 6.07) is 16.3. The molecule has 0 unspecified atom stereocenters. The summed E-state index contributed by atoms with van der Waals surface area (Å²) in [7, 11) is 0. The average molecular weight is 287 g/mol. The third-order valence-electron chi connectivity index (χ3n) is 2.89. The van der Waals surface area contributed by atoms with E-state index in [1.165, 1.54) is 0 Å². The molecule has 0 saturated carbocycles. The summed E-state index contributed by atoms with van der Waals surface area (Å²) in [5.41, 5.74) is 0.961. The van der Waals surface area contributed by atoms with Crippen LogP contribution in [0.15, 0.2) is 63.8 Å². The van der Waals surface area contributed by atoms with Crippen LogP contribution in [0.2, 0.25) is 5.02 Å². The summed E-state index contributed by atoms with van der Waals surface area (Å²) in [5.74, 6) is 0.198. The van der Waals surface area contributed by atoms with Crippen molar-refractivity contribution in [2.75, 3.05) is 0 Å². The molecule has 0 aliphatic rings. The second kappa shape index (κ2) is 5.39. The molecule has 0 saturated heterocycles. The van der Waals surface area contributed by atoms with Gasteiger partial charge in [0.1, 0.15) is 12.2 Å². The van der Waals surface area contributed by atoms with Crippen molar-refractivity contribution in [2.24, 2.45) is 0 Å². The van der Waals surface area contributed by atoms with Crippen LogP contribution in [-0.4, -0.2) is 0 Å². The molecule has 0 N–H and O–H groups in total. The molecule has 0 fully saturated rings. The number of benzene rings is 2. The third-order valence-corrected chi connectivity index (χ3v) is 3.13. The second-order valence-electron chi connectivity index (χ2n) is 4.35. The van der Waals surface area contributed by atoms with Crippen molar-refractivity contribution in [3.63, 3.8) is 0 Å². The van der Waals surface area contributed by atoms with Gasteiger partial charge in [-0.1, -0.05) is 41.9 Å². The predicted octanol–water partition coefficient (Wildman–Crippen LogP) is 4.03. The number of ether oxygens (including phenoxy) is 1. The Hall–Kier alpha value is -2.26. The normalized spacial score (nSPS) is 10.7. The number of hydrogen-bond donors (Lipinski definition) is 0. The minimum atomic E-state index is -0.481. The van der Waals surface area contributed by atoms with Crippen LogP contribution in [0.5, 0.6) is 5.75 Å². The van der Waals surface area contributed by atoms with Crippen LogP contribution in [0.1, 0.15) is 5.56 Å². The number of halogens is 1. The van der Waals surface area contributed by atoms with Crippen LogP contribution in [0.4, 0.5) is 0 Å². The van der Waals surface area contributed by atoms with E-state index in [0.717, 1.165) is 10.9 Å². The van der Waals surface area contributed by atoms with Gasteiger partial charge < -0.3 is 9.15 Å². The molecule has 1 heterocycles. The molecule has 20 heavy (non-hydrogen) atoms. The molecule has 1 aromatic heterocycles. The Morgan fingerprint density at radius 2 is 1.90 bits per heavy atom. The minimum Gasteiger partial charge on any atom is -0.482 e. The molecule has 0 spiro atoms. The summed E-state index contributed by atoms with van der Waals surface area (Å²) in [6.45, 7) is 0.268. The Morgan fingerprint density at radius 1 is 1.05 bits per heavy atom. The molecule has 0 aliphatic heterocycles. The van der Waals surface area contributed by atoms with Gasteiger partial charge in [-0.3, -0.25) is 0 Å². The lowest BCUT2D eigenvalue weighted by atomic mass is 10.2. The van der Waals surface area contributed by atoms with E-state index >= 15 is 0 Å². The molecule has 4 heteroatoms. The van der Waals surface area contributed by atoms with Crippen LogP contribution < -0.4 is 10.4 Å². The van der Waals surface area contributed by atoms with Gasteiger partial charge in [0.05, 0.1) is 0 Å². The minimum absolute atomic E-state index is 0.198. The summed E-state index contributed by atoms with van der Waals surface area (Å²) in [4.78, 5) is 11.8. The standard InChI is InChI=1S/C16H11ClO3/c17-13-6-3-4-11(8-13)10-19-15-9-12-5-1-2-7-14(12)20-16(15)18/h1-9H,10H2. The summed E-state index contributed by atoms with van der Waals surface area (Å²) in [5, 5.41) is 1.46. The van der Waals surface area contributed by atoms with Crippen LogP contribution in [0.3, 0.4) is 0 Å². The van der Waals surface area contributed by atoms with Gasteiger partial charge in [-0.2, -0.15) is 0 Å². The highest BCUT2D eigenvalue weighted by Crippen LogP contribution is 2.18. The van der Waals surface area contributed by atoms with Crippen LogP contribution in [-0.2, 0) is 6.61 Å². The Balaban J connectivity index is 1.87. The van der Waals surface area contributed by atoms with Crippen LogP contribution in [0, 0.1) is 0 Å². The number of fused-ring (bicyclic) bond motifs is 1. The van der Waals surface area contributed by atoms with Crippen molar-refractivity contribution in [2.45, 2.75) is 6.61 Å². The monoisotopic (exact) mass is 286 g/mol. The lowest BCUT2D eigenvalue weighted by Gasteiger charge is -2.06. The van der Waals surface area contributed by atoms with E-state index in [1.807, 2.05) is 30.3 Å². The number of hydrogen-bond acceptors (Lipinski definition) is 3. The zero-order chi connectivity index (χ0) is 13.9. The van der Waals surface area contributed by atoms with Gasteiger partial charge in [0.25, 0.3) is 0 Å². The summed E-state index contributed by atoms with van der Waals surface area (Å²) < 4.78 is 10.7. The van der Waals surface area contributed by atoms with Crippen molar-refractivity contribution >= 4 is 22.6 Å². The Morgan fingerprint density at radius 3 is 2.75 bits per heavy atom. The van der Waals surface area contributed by atoms with Crippen molar-refractivity contribution in [1.82, 2.24) is 0 Å². The molecule has 3 rings (SSSR count). The number of rotatable bonds is 3. The Bertz CT molecular complexity index is 808. The first kappa shape index (κ1) is 12.8. The van der Waals surface area contributed by atoms with Gasteiger partial charge in [-0.05, 0) is 29.8 Å². The smallest absolute Gasteiger partial charge is 0.379 e. The van der Waals surface area contributed by atoms with Crippen molar-refractivity contribution in [1.29, 1.82) is 0 Å². The Kier molecular flexibility index (Phi) is 3.44. The van der Waals surface area contributed by atoms with Crippen molar-refractivity contribution < 1.29 is 9.15 Å². The first-order chi connectivity index (χ1) is 9.72. The fourth-order valence-electron chi connectivity index (χ4n) is 1.93. The highest BCUT2D eigenvalue weighted by atomic mass is 35.5. The maximum atomic E-state index is 11.8. The third kappa shape index (κ3) is 2.68. The molecular weight excluding hydrogens is 276 g/mol. The van der Waals surface area contributed by atoms with E-state index in [1.54, 1.807) is 24.3 Å². The quantitative estimate of drug-likeness (QED) is 0.683. The van der Waals surface area contributed by atoms with E-state index < -0.39 is 5.63 Å². The second-order valence-corrected chi connectivity index (χ2v) is 4.79. The van der Waals surface area contributed by atoms with Crippen molar-refractivity contribution in [3.05, 3.63) is 75.6 Å². The fraction of sp³-hybridized carbons (Fsp3) is 0.0625. The van der Waals surface area contributed by atoms with Gasteiger partial charge in [0.15, 0.2) is 0 Å². The molecule has 3 aromatic rings. The van der Waals surface area contributed by atoms with Crippen LogP contribution >= 0.6 is 11.6 Å². The van der Waals surface area contributed by atoms with Crippen molar-refractivity contribution in [3.8, 4) is 5.75 Å². The largest absolute Gasteiger partial charge is 0.482 e. The predicted molar refractivity (Wildman–Crippen MR) is 78.3 cm³/mol. The first-order valence-corrected chi connectivity index (χ1v) is 6.50. The average Bonchev–Trinajstić information content (AvgIpc) is 2.45. The molecule has 3 nitrogen and oxygen atoms in total. The summed E-state index contributed by atoms with van der Waals surface area (Å²) in [6.07, 6.45) is 0. The van der Waals surface area contributed by atoms with E-state index in [4.69, 9.17) is 20.8 Å². The SMILES string of the molecule is O=c1oc2ccccc2cc1OCc1cccc(Cl)c1. The van der Waals surface area contributed by atoms with Gasteiger partial charge in [0, 0.05) is 10.4 Å². The molecule has 0 radical (unpaired) electrons. The van der Waals surface area contributed by atoms with Gasteiger partial charge >= 0.3 is 5.63 Å². The molecule has 0 amide bonds. The van der Waals surface area contributed by atoms with Gasteiger partial charge in [-0.25, -0.2) is 4.79 Å². The van der Waals surface area contributed by atoms with E-state index in [0.29, 0.717) is 10.6 Å². The first-order valence-electron chi connectivity index (χ1n) is 6.12. The molecular formula is C16H11ClO3. The highest BCUT2D eigenvalue weighted by Gasteiger charge is 2.06. The molecule has 2 aromatic carbocycles. The lowest BCUT2D eigenvalue weighted by molar-refractivity contribution is 0.291. The van der Waals surface area contributed by atoms with E-state index in [9.17, 15) is 4.79 Å². The maximum Gasteiger partial charge on any atom is 0.379 e. The topological polar surface area (TPSA) is 39.4 Å². The Labute approximate surface area is 120 Å². The van der Waals surface area contributed by atoms with E-state index in [2.05, 4.69) is 0 Å². The van der Waals surface area contributed by atoms with Gasteiger partial charge in [-0.15, -0.1) is 0 Å². The molecule has 0 atom stereocenters. The maximum absolute atomic E-state index is 11.8. The molecule has 100 valence electrons. The number of para-hydroxylation sites is 1. The van der Waals surface area contributed by atoms with Crippen LogP contribution in [0.25, 0.3) is 11.0 Å².